The Kier molecular flexibility index (Phi) is 5.57. The maximum atomic E-state index is 13.2. The smallest absolute Gasteiger partial charge is 0.310 e. The van der Waals surface area contributed by atoms with Gasteiger partial charge in [-0.25, -0.2) is 13.2 Å². The van der Waals surface area contributed by atoms with E-state index in [0.29, 0.717) is 26.1 Å². The molecular weight excluding hydrogens is 322 g/mol. The van der Waals surface area contributed by atoms with E-state index in [0.717, 1.165) is 12.1 Å². The standard InChI is InChI=1S/C15H18F6N2/c1-9(11-4-12(16)14(18)13(17)5-11)22-6-10-2-3-23(7-10)8-15(19,20)21/h4-5,9-10,22H,2-3,6-8H2,1H3/t9-,10-/m0/s1. The second-order valence-corrected chi connectivity index (χ2v) is 5.93. The van der Waals surface area contributed by atoms with Crippen molar-refractivity contribution < 1.29 is 26.3 Å². The van der Waals surface area contributed by atoms with E-state index in [1.54, 1.807) is 6.92 Å². The van der Waals surface area contributed by atoms with Crippen LogP contribution in [0.1, 0.15) is 24.9 Å². The Labute approximate surface area is 130 Å². The number of benzene rings is 1. The molecule has 1 aliphatic heterocycles. The van der Waals surface area contributed by atoms with Crippen molar-refractivity contribution in [2.45, 2.75) is 25.6 Å². The topological polar surface area (TPSA) is 15.3 Å². The summed E-state index contributed by atoms with van der Waals surface area (Å²) in [5, 5.41) is 3.03. The molecule has 23 heavy (non-hydrogen) atoms. The monoisotopic (exact) mass is 340 g/mol. The summed E-state index contributed by atoms with van der Waals surface area (Å²) in [5.41, 5.74) is 0.256. The SMILES string of the molecule is C[C@H](NC[C@@H]1CCN(CC(F)(F)F)C1)c1cc(F)c(F)c(F)c1. The lowest BCUT2D eigenvalue weighted by Crippen LogP contribution is -2.34. The summed E-state index contributed by atoms with van der Waals surface area (Å²) in [6.45, 7) is 1.86. The lowest BCUT2D eigenvalue weighted by atomic mass is 10.1. The van der Waals surface area contributed by atoms with Gasteiger partial charge >= 0.3 is 6.18 Å². The highest BCUT2D eigenvalue weighted by Crippen LogP contribution is 2.24. The molecule has 2 nitrogen and oxygen atoms in total. The maximum Gasteiger partial charge on any atom is 0.401 e. The molecule has 0 aliphatic carbocycles. The van der Waals surface area contributed by atoms with Gasteiger partial charge < -0.3 is 5.32 Å². The molecule has 1 saturated heterocycles. The Morgan fingerprint density at radius 2 is 1.83 bits per heavy atom. The van der Waals surface area contributed by atoms with Crippen molar-refractivity contribution in [2.75, 3.05) is 26.2 Å². The molecule has 130 valence electrons. The number of alkyl halides is 3. The minimum atomic E-state index is -4.21. The van der Waals surface area contributed by atoms with E-state index in [9.17, 15) is 26.3 Å². The zero-order valence-corrected chi connectivity index (χ0v) is 12.6. The second-order valence-electron chi connectivity index (χ2n) is 5.93. The van der Waals surface area contributed by atoms with Crippen molar-refractivity contribution in [1.29, 1.82) is 0 Å². The van der Waals surface area contributed by atoms with Gasteiger partial charge in [0.15, 0.2) is 17.5 Å². The van der Waals surface area contributed by atoms with E-state index < -0.39 is 36.2 Å². The van der Waals surface area contributed by atoms with Gasteiger partial charge in [-0.1, -0.05) is 0 Å². The Balaban J connectivity index is 1.85. The van der Waals surface area contributed by atoms with Crippen LogP contribution in [0.5, 0.6) is 0 Å². The van der Waals surface area contributed by atoms with Gasteiger partial charge in [-0.05, 0) is 50.0 Å². The van der Waals surface area contributed by atoms with Crippen LogP contribution in [0.4, 0.5) is 26.3 Å². The minimum Gasteiger partial charge on any atom is -0.310 e. The number of likely N-dealkylation sites (tertiary alicyclic amines) is 1. The van der Waals surface area contributed by atoms with Gasteiger partial charge in [-0.15, -0.1) is 0 Å². The summed E-state index contributed by atoms with van der Waals surface area (Å²) in [6, 6.07) is 1.40. The first kappa shape index (κ1) is 18.1. The van der Waals surface area contributed by atoms with Crippen molar-refractivity contribution in [2.24, 2.45) is 5.92 Å². The van der Waals surface area contributed by atoms with Crippen LogP contribution in [0.15, 0.2) is 12.1 Å². The molecule has 2 rings (SSSR count). The van der Waals surface area contributed by atoms with Crippen LogP contribution in [-0.4, -0.2) is 37.3 Å². The predicted octanol–water partition coefficient (Wildman–Crippen LogP) is 3.64. The molecule has 0 radical (unpaired) electrons. The van der Waals surface area contributed by atoms with Gasteiger partial charge in [0.2, 0.25) is 0 Å². The average molecular weight is 340 g/mol. The van der Waals surface area contributed by atoms with E-state index in [-0.39, 0.29) is 11.5 Å². The lowest BCUT2D eigenvalue weighted by Gasteiger charge is -2.20. The Morgan fingerprint density at radius 1 is 1.22 bits per heavy atom. The molecule has 8 heteroatoms. The molecule has 0 bridgehead atoms. The Morgan fingerprint density at radius 3 is 2.39 bits per heavy atom. The van der Waals surface area contributed by atoms with Gasteiger partial charge in [0.25, 0.3) is 0 Å². The normalized spacial score (nSPS) is 20.9. The largest absolute Gasteiger partial charge is 0.401 e. The molecule has 1 aromatic carbocycles. The van der Waals surface area contributed by atoms with E-state index in [4.69, 9.17) is 0 Å². The second kappa shape index (κ2) is 7.09. The molecule has 0 saturated carbocycles. The van der Waals surface area contributed by atoms with Crippen LogP contribution in [0.25, 0.3) is 0 Å². The molecule has 2 atom stereocenters. The highest BCUT2D eigenvalue weighted by atomic mass is 19.4. The van der Waals surface area contributed by atoms with Crippen LogP contribution in [0.3, 0.4) is 0 Å². The minimum absolute atomic E-state index is 0.0370. The predicted molar refractivity (Wildman–Crippen MR) is 73.3 cm³/mol. The van der Waals surface area contributed by atoms with Gasteiger partial charge in [-0.2, -0.15) is 13.2 Å². The van der Waals surface area contributed by atoms with Crippen LogP contribution in [-0.2, 0) is 0 Å². The molecule has 0 amide bonds. The molecule has 1 fully saturated rings. The highest BCUT2D eigenvalue weighted by Gasteiger charge is 2.34. The molecule has 1 heterocycles. The highest BCUT2D eigenvalue weighted by molar-refractivity contribution is 5.22. The van der Waals surface area contributed by atoms with Crippen molar-refractivity contribution in [3.8, 4) is 0 Å². The molecule has 0 unspecified atom stereocenters. The van der Waals surface area contributed by atoms with Crippen molar-refractivity contribution in [1.82, 2.24) is 10.2 Å². The molecule has 0 spiro atoms. The van der Waals surface area contributed by atoms with Crippen molar-refractivity contribution in [3.63, 3.8) is 0 Å². The fraction of sp³-hybridized carbons (Fsp3) is 0.600. The number of hydrogen-bond acceptors (Lipinski definition) is 2. The number of rotatable bonds is 5. The third-order valence-corrected chi connectivity index (χ3v) is 3.99. The number of halogens is 6. The van der Waals surface area contributed by atoms with E-state index in [2.05, 4.69) is 5.32 Å². The van der Waals surface area contributed by atoms with E-state index >= 15 is 0 Å². The van der Waals surface area contributed by atoms with E-state index in [1.165, 1.54) is 4.90 Å². The zero-order chi connectivity index (χ0) is 17.2. The van der Waals surface area contributed by atoms with Gasteiger partial charge in [-0.3, -0.25) is 4.90 Å². The average Bonchev–Trinajstić information content (AvgIpc) is 2.86. The summed E-state index contributed by atoms with van der Waals surface area (Å²) in [4.78, 5) is 1.34. The summed E-state index contributed by atoms with van der Waals surface area (Å²) < 4.78 is 76.3. The zero-order valence-electron chi connectivity index (χ0n) is 12.6. The third-order valence-electron chi connectivity index (χ3n) is 3.99. The molecule has 1 N–H and O–H groups in total. The van der Waals surface area contributed by atoms with E-state index in [1.807, 2.05) is 0 Å². The Hall–Kier alpha value is -1.28. The molecule has 0 aromatic heterocycles. The maximum absolute atomic E-state index is 13.2. The molecular formula is C15H18F6N2. The Bertz CT molecular complexity index is 522. The summed E-state index contributed by atoms with van der Waals surface area (Å²) >= 11 is 0. The molecule has 1 aliphatic rings. The van der Waals surface area contributed by atoms with Crippen LogP contribution < -0.4 is 5.32 Å². The summed E-state index contributed by atoms with van der Waals surface area (Å²) in [7, 11) is 0. The number of nitrogens with one attached hydrogen (secondary N) is 1. The van der Waals surface area contributed by atoms with Gasteiger partial charge in [0.05, 0.1) is 6.54 Å². The van der Waals surface area contributed by atoms with Crippen LogP contribution in [0, 0.1) is 23.4 Å². The first-order chi connectivity index (χ1) is 10.7. The lowest BCUT2D eigenvalue weighted by molar-refractivity contribution is -0.143. The summed E-state index contributed by atoms with van der Waals surface area (Å²) in [5.74, 6) is -3.99. The van der Waals surface area contributed by atoms with Crippen LogP contribution >= 0.6 is 0 Å². The quantitative estimate of drug-likeness (QED) is 0.650. The van der Waals surface area contributed by atoms with Gasteiger partial charge in [0, 0.05) is 12.6 Å². The first-order valence-corrected chi connectivity index (χ1v) is 7.32. The first-order valence-electron chi connectivity index (χ1n) is 7.32. The fourth-order valence-corrected chi connectivity index (χ4v) is 2.76. The van der Waals surface area contributed by atoms with Gasteiger partial charge in [0.1, 0.15) is 0 Å². The van der Waals surface area contributed by atoms with Crippen LogP contribution in [0.2, 0.25) is 0 Å². The number of hydrogen-bond donors (Lipinski definition) is 1. The molecule has 1 aromatic rings. The van der Waals surface area contributed by atoms with Crippen molar-refractivity contribution in [3.05, 3.63) is 35.1 Å². The van der Waals surface area contributed by atoms with Crippen molar-refractivity contribution >= 4 is 0 Å². The summed E-state index contributed by atoms with van der Waals surface area (Å²) in [6.07, 6.45) is -3.58. The fourth-order valence-electron chi connectivity index (χ4n) is 2.76. The number of nitrogens with zero attached hydrogens (tertiary/aromatic N) is 1. The third kappa shape index (κ3) is 5.10.